The topological polar surface area (TPSA) is 50.9 Å². The molecule has 0 amide bonds. The monoisotopic (exact) mass is 265 g/mol. The summed E-state index contributed by atoms with van der Waals surface area (Å²) >= 11 is 0. The molecule has 4 heteroatoms. The molecule has 0 fully saturated rings. The van der Waals surface area contributed by atoms with Crippen molar-refractivity contribution in [2.45, 2.75) is 6.04 Å². The number of aromatic nitrogens is 3. The summed E-state index contributed by atoms with van der Waals surface area (Å²) in [6, 6.07) is 19.5. The van der Waals surface area contributed by atoms with E-state index in [-0.39, 0.29) is 12.6 Å². The maximum absolute atomic E-state index is 9.62. The van der Waals surface area contributed by atoms with Crippen molar-refractivity contribution in [3.63, 3.8) is 0 Å². The molecule has 20 heavy (non-hydrogen) atoms. The third-order valence-electron chi connectivity index (χ3n) is 3.26. The van der Waals surface area contributed by atoms with Crippen molar-refractivity contribution in [3.8, 4) is 11.3 Å². The molecule has 1 aromatic heterocycles. The van der Waals surface area contributed by atoms with Gasteiger partial charge in [-0.15, -0.1) is 5.10 Å². The molecule has 0 radical (unpaired) electrons. The summed E-state index contributed by atoms with van der Waals surface area (Å²) in [5, 5.41) is 18.0. The number of aliphatic hydroxyl groups is 1. The van der Waals surface area contributed by atoms with E-state index in [0.29, 0.717) is 0 Å². The minimum atomic E-state index is -0.207. The average molecular weight is 265 g/mol. The number of benzene rings is 2. The number of hydrogen-bond acceptors (Lipinski definition) is 3. The van der Waals surface area contributed by atoms with Crippen molar-refractivity contribution < 1.29 is 5.11 Å². The number of nitrogens with zero attached hydrogens (tertiary/aromatic N) is 3. The highest BCUT2D eigenvalue weighted by atomic mass is 16.3. The van der Waals surface area contributed by atoms with Gasteiger partial charge in [0.15, 0.2) is 0 Å². The summed E-state index contributed by atoms with van der Waals surface area (Å²) in [5.74, 6) is 0. The lowest BCUT2D eigenvalue weighted by atomic mass is 10.1. The van der Waals surface area contributed by atoms with Gasteiger partial charge in [0.2, 0.25) is 0 Å². The first-order valence-electron chi connectivity index (χ1n) is 6.51. The molecule has 0 spiro atoms. The largest absolute Gasteiger partial charge is 0.394 e. The Morgan fingerprint density at radius 3 is 2.25 bits per heavy atom. The molecule has 3 rings (SSSR count). The van der Waals surface area contributed by atoms with Crippen LogP contribution in [0.2, 0.25) is 0 Å². The van der Waals surface area contributed by atoms with E-state index in [0.717, 1.165) is 16.8 Å². The lowest BCUT2D eigenvalue weighted by molar-refractivity contribution is 0.239. The van der Waals surface area contributed by atoms with Crippen LogP contribution in [-0.2, 0) is 0 Å². The van der Waals surface area contributed by atoms with Crippen molar-refractivity contribution >= 4 is 0 Å². The summed E-state index contributed by atoms with van der Waals surface area (Å²) in [5.41, 5.74) is 2.84. The molecule has 1 heterocycles. The van der Waals surface area contributed by atoms with Gasteiger partial charge in [-0.05, 0) is 5.56 Å². The van der Waals surface area contributed by atoms with Gasteiger partial charge < -0.3 is 5.11 Å². The highest BCUT2D eigenvalue weighted by molar-refractivity contribution is 5.57. The molecule has 100 valence electrons. The first-order valence-corrected chi connectivity index (χ1v) is 6.51. The third kappa shape index (κ3) is 2.46. The Bertz CT molecular complexity index is 664. The van der Waals surface area contributed by atoms with E-state index in [2.05, 4.69) is 10.3 Å². The smallest absolute Gasteiger partial charge is 0.113 e. The zero-order valence-corrected chi connectivity index (χ0v) is 10.9. The first-order chi connectivity index (χ1) is 9.88. The predicted molar refractivity (Wildman–Crippen MR) is 77.1 cm³/mol. The predicted octanol–water partition coefficient (Wildman–Crippen LogP) is 2.53. The second-order valence-electron chi connectivity index (χ2n) is 4.56. The van der Waals surface area contributed by atoms with Crippen LogP contribution in [0.5, 0.6) is 0 Å². The molecule has 1 atom stereocenters. The molecule has 3 aromatic rings. The molecular weight excluding hydrogens is 250 g/mol. The van der Waals surface area contributed by atoms with Gasteiger partial charge in [0.05, 0.1) is 12.8 Å². The van der Waals surface area contributed by atoms with Crippen LogP contribution >= 0.6 is 0 Å². The molecule has 0 saturated heterocycles. The molecule has 0 bridgehead atoms. The highest BCUT2D eigenvalue weighted by Crippen LogP contribution is 2.20. The minimum absolute atomic E-state index is 0.0123. The molecule has 0 aliphatic rings. The van der Waals surface area contributed by atoms with Gasteiger partial charge in [0.25, 0.3) is 0 Å². The first kappa shape index (κ1) is 12.6. The Morgan fingerprint density at radius 1 is 0.950 bits per heavy atom. The van der Waals surface area contributed by atoms with Crippen LogP contribution in [0, 0.1) is 0 Å². The zero-order chi connectivity index (χ0) is 13.8. The van der Waals surface area contributed by atoms with Crippen LogP contribution in [0.25, 0.3) is 11.3 Å². The molecule has 0 saturated carbocycles. The summed E-state index contributed by atoms with van der Waals surface area (Å²) in [6.45, 7) is -0.0123. The van der Waals surface area contributed by atoms with Crippen LogP contribution in [0.1, 0.15) is 11.6 Å². The van der Waals surface area contributed by atoms with E-state index in [1.807, 2.05) is 66.9 Å². The summed E-state index contributed by atoms with van der Waals surface area (Å²) in [4.78, 5) is 0. The zero-order valence-electron chi connectivity index (χ0n) is 10.9. The second-order valence-corrected chi connectivity index (χ2v) is 4.56. The maximum Gasteiger partial charge on any atom is 0.113 e. The van der Waals surface area contributed by atoms with Gasteiger partial charge in [0.1, 0.15) is 11.7 Å². The van der Waals surface area contributed by atoms with E-state index in [1.54, 1.807) is 4.68 Å². The van der Waals surface area contributed by atoms with Crippen molar-refractivity contribution in [1.82, 2.24) is 15.0 Å². The SMILES string of the molecule is OC[C@H](c1ccccc1)n1cc(-c2ccccc2)nn1. The fraction of sp³-hybridized carbons (Fsp3) is 0.125. The molecule has 4 nitrogen and oxygen atoms in total. The van der Waals surface area contributed by atoms with E-state index >= 15 is 0 Å². The summed E-state index contributed by atoms with van der Waals surface area (Å²) in [7, 11) is 0. The summed E-state index contributed by atoms with van der Waals surface area (Å²) in [6.07, 6.45) is 1.86. The lowest BCUT2D eigenvalue weighted by Gasteiger charge is -2.13. The Hall–Kier alpha value is -2.46. The van der Waals surface area contributed by atoms with E-state index < -0.39 is 0 Å². The van der Waals surface area contributed by atoms with Crippen LogP contribution in [0.15, 0.2) is 66.9 Å². The molecule has 0 aliphatic carbocycles. The van der Waals surface area contributed by atoms with Gasteiger partial charge >= 0.3 is 0 Å². The average Bonchev–Trinajstić information content (AvgIpc) is 3.00. The standard InChI is InChI=1S/C16H15N3O/c20-12-16(14-9-5-2-6-10-14)19-11-15(17-18-19)13-7-3-1-4-8-13/h1-11,16,20H,12H2/t16-/m1/s1. The van der Waals surface area contributed by atoms with Gasteiger partial charge in [-0.2, -0.15) is 0 Å². The fourth-order valence-corrected chi connectivity index (χ4v) is 2.19. The molecule has 1 N–H and O–H groups in total. The molecule has 2 aromatic carbocycles. The lowest BCUT2D eigenvalue weighted by Crippen LogP contribution is -2.15. The fourth-order valence-electron chi connectivity index (χ4n) is 2.19. The van der Waals surface area contributed by atoms with Crippen LogP contribution in [-0.4, -0.2) is 26.7 Å². The second kappa shape index (κ2) is 5.67. The Kier molecular flexibility index (Phi) is 3.56. The van der Waals surface area contributed by atoms with Crippen molar-refractivity contribution in [2.24, 2.45) is 0 Å². The van der Waals surface area contributed by atoms with E-state index in [4.69, 9.17) is 0 Å². The Labute approximate surface area is 117 Å². The normalized spacial score (nSPS) is 12.2. The maximum atomic E-state index is 9.62. The Morgan fingerprint density at radius 2 is 1.60 bits per heavy atom. The van der Waals surface area contributed by atoms with Gasteiger partial charge in [-0.1, -0.05) is 65.9 Å². The van der Waals surface area contributed by atoms with Crippen molar-refractivity contribution in [3.05, 3.63) is 72.4 Å². The summed E-state index contributed by atoms with van der Waals surface area (Å²) < 4.78 is 1.71. The third-order valence-corrected chi connectivity index (χ3v) is 3.26. The van der Waals surface area contributed by atoms with Gasteiger partial charge in [0, 0.05) is 5.56 Å². The number of rotatable bonds is 4. The highest BCUT2D eigenvalue weighted by Gasteiger charge is 2.14. The van der Waals surface area contributed by atoms with Crippen LogP contribution in [0.3, 0.4) is 0 Å². The molecule has 0 unspecified atom stereocenters. The van der Waals surface area contributed by atoms with Crippen LogP contribution < -0.4 is 0 Å². The minimum Gasteiger partial charge on any atom is -0.394 e. The number of aliphatic hydroxyl groups excluding tert-OH is 1. The van der Waals surface area contributed by atoms with Crippen LogP contribution in [0.4, 0.5) is 0 Å². The van der Waals surface area contributed by atoms with E-state index in [1.165, 1.54) is 0 Å². The quantitative estimate of drug-likeness (QED) is 0.788. The Balaban J connectivity index is 1.93. The van der Waals surface area contributed by atoms with Gasteiger partial charge in [-0.25, -0.2) is 4.68 Å². The number of hydrogen-bond donors (Lipinski definition) is 1. The van der Waals surface area contributed by atoms with Crippen molar-refractivity contribution in [1.29, 1.82) is 0 Å². The molecular formula is C16H15N3O. The van der Waals surface area contributed by atoms with E-state index in [9.17, 15) is 5.11 Å². The van der Waals surface area contributed by atoms with Crippen molar-refractivity contribution in [2.75, 3.05) is 6.61 Å². The molecule has 0 aliphatic heterocycles. The van der Waals surface area contributed by atoms with Gasteiger partial charge in [-0.3, -0.25) is 0 Å².